The van der Waals surface area contributed by atoms with Gasteiger partial charge in [-0.2, -0.15) is 0 Å². The molecule has 16 heavy (non-hydrogen) atoms. The van der Waals surface area contributed by atoms with E-state index in [1.165, 1.54) is 31.9 Å². The van der Waals surface area contributed by atoms with Crippen molar-refractivity contribution in [2.75, 3.05) is 0 Å². The number of rotatable bonds is 0. The molecule has 0 nitrogen and oxygen atoms in total. The van der Waals surface area contributed by atoms with Gasteiger partial charge in [-0.3, -0.25) is 0 Å². The first-order valence-corrected chi connectivity index (χ1v) is 6.73. The molecule has 0 fully saturated rings. The predicted octanol–water partition coefficient (Wildman–Crippen LogP) is 4.96. The van der Waals surface area contributed by atoms with Crippen LogP contribution in [0.1, 0.15) is 30.4 Å². The second-order valence-corrected chi connectivity index (χ2v) is 5.61. The molecule has 0 heterocycles. The number of hydrogen-bond donors (Lipinski definition) is 0. The average molecular weight is 320 g/mol. The molecule has 0 aliphatic heterocycles. The van der Waals surface area contributed by atoms with Gasteiger partial charge < -0.3 is 0 Å². The number of hydrogen-bond acceptors (Lipinski definition) is 0. The molecule has 80 valence electrons. The predicted molar refractivity (Wildman–Crippen MR) is 78.7 cm³/mol. The molecular formula is C15H13I. The van der Waals surface area contributed by atoms with Crippen LogP contribution in [0.5, 0.6) is 0 Å². The molecule has 1 aliphatic carbocycles. The lowest BCUT2D eigenvalue weighted by atomic mass is 9.86. The van der Waals surface area contributed by atoms with Crippen molar-refractivity contribution in [2.45, 2.75) is 19.3 Å². The van der Waals surface area contributed by atoms with E-state index in [-0.39, 0.29) is 0 Å². The third-order valence-electron chi connectivity index (χ3n) is 3.37. The topological polar surface area (TPSA) is 0 Å². The Bertz CT molecular complexity index is 581. The Kier molecular flexibility index (Phi) is 2.51. The fourth-order valence-corrected chi connectivity index (χ4v) is 3.29. The van der Waals surface area contributed by atoms with E-state index >= 15 is 0 Å². The smallest absolute Gasteiger partial charge is 0.0212 e. The van der Waals surface area contributed by atoms with Gasteiger partial charge in [0, 0.05) is 3.57 Å². The minimum Gasteiger partial charge on any atom is -0.0833 e. The van der Waals surface area contributed by atoms with E-state index in [4.69, 9.17) is 0 Å². The highest BCUT2D eigenvalue weighted by atomic mass is 127. The highest BCUT2D eigenvalue weighted by Crippen LogP contribution is 2.36. The van der Waals surface area contributed by atoms with E-state index in [1.807, 2.05) is 0 Å². The molecule has 1 heteroatoms. The average Bonchev–Trinajstić information content (AvgIpc) is 2.31. The Labute approximate surface area is 110 Å². The van der Waals surface area contributed by atoms with E-state index in [0.717, 1.165) is 0 Å². The van der Waals surface area contributed by atoms with Gasteiger partial charge in [0.25, 0.3) is 0 Å². The minimum absolute atomic E-state index is 0.651. The number of allylic oxidation sites excluding steroid dienone is 1. The molecule has 0 bridgehead atoms. The molecule has 0 N–H and O–H groups in total. The van der Waals surface area contributed by atoms with Gasteiger partial charge in [0.05, 0.1) is 0 Å². The van der Waals surface area contributed by atoms with Crippen LogP contribution >= 0.6 is 22.6 Å². The lowest BCUT2D eigenvalue weighted by molar-refractivity contribution is 0.773. The van der Waals surface area contributed by atoms with Crippen molar-refractivity contribution >= 4 is 39.4 Å². The molecule has 1 atom stereocenters. The van der Waals surface area contributed by atoms with Gasteiger partial charge in [0.15, 0.2) is 0 Å². The summed E-state index contributed by atoms with van der Waals surface area (Å²) in [6, 6.07) is 11.0. The van der Waals surface area contributed by atoms with E-state index in [1.54, 1.807) is 0 Å². The Hall–Kier alpha value is -0.830. The Balaban J connectivity index is 2.44. The summed E-state index contributed by atoms with van der Waals surface area (Å²) in [6.07, 6.45) is 5.75. The minimum atomic E-state index is 0.651. The zero-order valence-corrected chi connectivity index (χ0v) is 11.4. The molecule has 0 radical (unpaired) electrons. The second-order valence-electron chi connectivity index (χ2n) is 4.45. The van der Waals surface area contributed by atoms with Crippen molar-refractivity contribution < 1.29 is 0 Å². The highest BCUT2D eigenvalue weighted by molar-refractivity contribution is 14.1. The molecule has 3 rings (SSSR count). The Morgan fingerprint density at radius 3 is 2.75 bits per heavy atom. The summed E-state index contributed by atoms with van der Waals surface area (Å²) in [5.41, 5.74) is 2.93. The van der Waals surface area contributed by atoms with Crippen molar-refractivity contribution in [3.8, 4) is 0 Å². The fraction of sp³-hybridized carbons (Fsp3) is 0.200. The maximum atomic E-state index is 2.45. The lowest BCUT2D eigenvalue weighted by Gasteiger charge is -2.20. The van der Waals surface area contributed by atoms with Crippen molar-refractivity contribution in [2.24, 2.45) is 0 Å². The first-order chi connectivity index (χ1) is 7.77. The van der Waals surface area contributed by atoms with Crippen molar-refractivity contribution in [3.63, 3.8) is 0 Å². The monoisotopic (exact) mass is 320 g/mol. The van der Waals surface area contributed by atoms with Crippen LogP contribution in [-0.2, 0) is 0 Å². The number of fused-ring (bicyclic) bond motifs is 3. The molecule has 0 saturated carbocycles. The molecule has 0 saturated heterocycles. The zero-order valence-electron chi connectivity index (χ0n) is 9.20. The summed E-state index contributed by atoms with van der Waals surface area (Å²) in [4.78, 5) is 0. The fourth-order valence-electron chi connectivity index (χ4n) is 2.48. The lowest BCUT2D eigenvalue weighted by Crippen LogP contribution is -2.01. The molecule has 1 unspecified atom stereocenters. The van der Waals surface area contributed by atoms with Crippen LogP contribution in [0, 0.1) is 3.57 Å². The molecule has 2 aromatic rings. The van der Waals surface area contributed by atoms with Gasteiger partial charge in [-0.05, 0) is 62.9 Å². The van der Waals surface area contributed by atoms with Crippen LogP contribution in [0.15, 0.2) is 36.4 Å². The Morgan fingerprint density at radius 2 is 1.94 bits per heavy atom. The van der Waals surface area contributed by atoms with Crippen LogP contribution in [0.4, 0.5) is 0 Å². The molecule has 0 amide bonds. The normalized spacial score (nSPS) is 18.8. The second kappa shape index (κ2) is 3.88. The summed E-state index contributed by atoms with van der Waals surface area (Å²) >= 11 is 2.45. The van der Waals surface area contributed by atoms with Gasteiger partial charge >= 0.3 is 0 Å². The third kappa shape index (κ3) is 1.49. The maximum absolute atomic E-state index is 2.45. The molecule has 0 spiro atoms. The molecular weight excluding hydrogens is 307 g/mol. The van der Waals surface area contributed by atoms with Gasteiger partial charge in [0.2, 0.25) is 0 Å². The maximum Gasteiger partial charge on any atom is 0.0212 e. The van der Waals surface area contributed by atoms with Crippen LogP contribution in [0.25, 0.3) is 16.8 Å². The first kappa shape index (κ1) is 10.3. The van der Waals surface area contributed by atoms with Gasteiger partial charge in [-0.15, -0.1) is 0 Å². The van der Waals surface area contributed by atoms with E-state index in [2.05, 4.69) is 72.0 Å². The summed E-state index contributed by atoms with van der Waals surface area (Å²) in [5, 5.41) is 2.77. The zero-order chi connectivity index (χ0) is 11.1. The largest absolute Gasteiger partial charge is 0.0833 e. The molecule has 1 aliphatic rings. The van der Waals surface area contributed by atoms with E-state index in [0.29, 0.717) is 5.92 Å². The van der Waals surface area contributed by atoms with E-state index in [9.17, 15) is 0 Å². The third-order valence-corrected chi connectivity index (χ3v) is 4.27. The number of benzene rings is 2. The Morgan fingerprint density at radius 1 is 1.19 bits per heavy atom. The van der Waals surface area contributed by atoms with Gasteiger partial charge in [-0.1, -0.05) is 43.3 Å². The quantitative estimate of drug-likeness (QED) is 0.602. The van der Waals surface area contributed by atoms with E-state index < -0.39 is 0 Å². The van der Waals surface area contributed by atoms with Gasteiger partial charge in [-0.25, -0.2) is 0 Å². The number of halogens is 1. The van der Waals surface area contributed by atoms with Crippen LogP contribution < -0.4 is 0 Å². The van der Waals surface area contributed by atoms with Crippen molar-refractivity contribution in [3.05, 3.63) is 51.1 Å². The molecule has 0 aromatic heterocycles. The SMILES string of the molecule is CC1CC=Cc2c1cc(I)c1ccccc21. The van der Waals surface area contributed by atoms with Crippen LogP contribution in [-0.4, -0.2) is 0 Å². The van der Waals surface area contributed by atoms with Crippen molar-refractivity contribution in [1.82, 2.24) is 0 Å². The summed E-state index contributed by atoms with van der Waals surface area (Å²) in [5.74, 6) is 0.651. The van der Waals surface area contributed by atoms with Crippen molar-refractivity contribution in [1.29, 1.82) is 0 Å². The summed E-state index contributed by atoms with van der Waals surface area (Å²) in [7, 11) is 0. The summed E-state index contributed by atoms with van der Waals surface area (Å²) < 4.78 is 1.37. The van der Waals surface area contributed by atoms with Crippen LogP contribution in [0.3, 0.4) is 0 Å². The molecule has 2 aromatic carbocycles. The van der Waals surface area contributed by atoms with Crippen LogP contribution in [0.2, 0.25) is 0 Å². The first-order valence-electron chi connectivity index (χ1n) is 5.65. The van der Waals surface area contributed by atoms with Gasteiger partial charge in [0.1, 0.15) is 0 Å². The highest BCUT2D eigenvalue weighted by Gasteiger charge is 2.16. The summed E-state index contributed by atoms with van der Waals surface area (Å²) in [6.45, 7) is 2.31. The standard InChI is InChI=1S/C15H13I/c1-10-5-4-8-12-11-6-2-3-7-13(11)15(16)9-14(10)12/h2-4,6-10H,5H2,1H3.